The van der Waals surface area contributed by atoms with Crippen molar-refractivity contribution in [3.8, 4) is 0 Å². The molecule has 1 N–H and O–H groups in total. The third-order valence-corrected chi connectivity index (χ3v) is 4.42. The van der Waals surface area contributed by atoms with Crippen LogP contribution in [-0.4, -0.2) is 33.2 Å². The summed E-state index contributed by atoms with van der Waals surface area (Å²) >= 11 is 0. The van der Waals surface area contributed by atoms with E-state index in [2.05, 4.69) is 5.32 Å². The molecular formula is C15H24N2O3S. The summed E-state index contributed by atoms with van der Waals surface area (Å²) in [7, 11) is -3.34. The van der Waals surface area contributed by atoms with Gasteiger partial charge in [0.25, 0.3) is 0 Å². The fourth-order valence-electron chi connectivity index (χ4n) is 1.91. The van der Waals surface area contributed by atoms with Gasteiger partial charge in [0.1, 0.15) is 0 Å². The number of carbonyl (C=O) groups excluding carboxylic acids is 1. The third-order valence-electron chi connectivity index (χ3n) is 3.23. The number of sulfonamides is 1. The molecule has 0 radical (unpaired) electrons. The first-order chi connectivity index (χ1) is 9.84. The molecule has 0 saturated carbocycles. The van der Waals surface area contributed by atoms with Gasteiger partial charge in [0, 0.05) is 19.0 Å². The van der Waals surface area contributed by atoms with Gasteiger partial charge >= 0.3 is 0 Å². The second kappa shape index (κ2) is 8.02. The first-order valence-electron chi connectivity index (χ1n) is 7.16. The predicted molar refractivity (Wildman–Crippen MR) is 85.8 cm³/mol. The Balaban J connectivity index is 2.59. The number of anilines is 1. The van der Waals surface area contributed by atoms with Crippen LogP contribution < -0.4 is 9.62 Å². The molecule has 1 aromatic rings. The summed E-state index contributed by atoms with van der Waals surface area (Å²) in [6.07, 6.45) is 2.87. The molecule has 0 heterocycles. The van der Waals surface area contributed by atoms with Crippen LogP contribution in [0.4, 0.5) is 5.69 Å². The summed E-state index contributed by atoms with van der Waals surface area (Å²) in [5.41, 5.74) is 0.627. The van der Waals surface area contributed by atoms with Gasteiger partial charge < -0.3 is 5.32 Å². The number of benzene rings is 1. The second-order valence-corrected chi connectivity index (χ2v) is 7.06. The quantitative estimate of drug-likeness (QED) is 0.800. The second-order valence-electron chi connectivity index (χ2n) is 5.15. The number of hydrogen-bond donors (Lipinski definition) is 1. The Labute approximate surface area is 127 Å². The van der Waals surface area contributed by atoms with Crippen LogP contribution in [0.3, 0.4) is 0 Å². The maximum absolute atomic E-state index is 11.9. The minimum atomic E-state index is -3.34. The van der Waals surface area contributed by atoms with Gasteiger partial charge in [-0.2, -0.15) is 0 Å². The fraction of sp³-hybridized carbons (Fsp3) is 0.533. The van der Waals surface area contributed by atoms with E-state index in [-0.39, 0.29) is 11.9 Å². The monoisotopic (exact) mass is 312 g/mol. The van der Waals surface area contributed by atoms with Crippen LogP contribution in [0.5, 0.6) is 0 Å². The molecule has 1 rings (SSSR count). The van der Waals surface area contributed by atoms with Gasteiger partial charge in [0.2, 0.25) is 15.9 Å². The topological polar surface area (TPSA) is 66.5 Å². The van der Waals surface area contributed by atoms with Crippen molar-refractivity contribution in [1.29, 1.82) is 0 Å². The zero-order valence-corrected chi connectivity index (χ0v) is 13.7. The summed E-state index contributed by atoms with van der Waals surface area (Å²) in [5, 5.41) is 2.87. The van der Waals surface area contributed by atoms with Gasteiger partial charge in [-0.05, 0) is 31.9 Å². The van der Waals surface area contributed by atoms with Crippen molar-refractivity contribution in [2.24, 2.45) is 0 Å². The lowest BCUT2D eigenvalue weighted by molar-refractivity contribution is -0.121. The number of amides is 1. The van der Waals surface area contributed by atoms with Gasteiger partial charge in [-0.3, -0.25) is 9.10 Å². The first kappa shape index (κ1) is 17.5. The largest absolute Gasteiger partial charge is 0.354 e. The Hall–Kier alpha value is -1.56. The van der Waals surface area contributed by atoms with Crippen molar-refractivity contribution in [3.63, 3.8) is 0 Å². The lowest BCUT2D eigenvalue weighted by Gasteiger charge is -2.22. The Bertz CT molecular complexity index is 543. The molecule has 118 valence electrons. The molecule has 6 heteroatoms. The van der Waals surface area contributed by atoms with Crippen LogP contribution in [0.2, 0.25) is 0 Å². The number of hydrogen-bond acceptors (Lipinski definition) is 3. The van der Waals surface area contributed by atoms with E-state index < -0.39 is 10.0 Å². The molecule has 0 fully saturated rings. The average Bonchev–Trinajstić information content (AvgIpc) is 2.43. The Morgan fingerprint density at radius 2 is 1.90 bits per heavy atom. The van der Waals surface area contributed by atoms with Crippen molar-refractivity contribution >= 4 is 21.6 Å². The number of carbonyl (C=O) groups is 1. The molecule has 1 aromatic carbocycles. The van der Waals surface area contributed by atoms with E-state index in [4.69, 9.17) is 0 Å². The minimum Gasteiger partial charge on any atom is -0.354 e. The summed E-state index contributed by atoms with van der Waals surface area (Å²) in [4.78, 5) is 11.7. The van der Waals surface area contributed by atoms with Gasteiger partial charge in [0.05, 0.1) is 11.9 Å². The van der Waals surface area contributed by atoms with Gasteiger partial charge in [-0.15, -0.1) is 0 Å². The molecule has 0 aliphatic heterocycles. The molecular weight excluding hydrogens is 288 g/mol. The van der Waals surface area contributed by atoms with E-state index in [9.17, 15) is 13.2 Å². The van der Waals surface area contributed by atoms with Crippen LogP contribution in [-0.2, 0) is 14.8 Å². The molecule has 0 saturated heterocycles. The van der Waals surface area contributed by atoms with Crippen molar-refractivity contribution in [2.45, 2.75) is 39.2 Å². The standard InChI is InChI=1S/C15H24N2O3S/c1-4-13(2)16-15(18)11-8-12-17(21(3,19)20)14-9-6-5-7-10-14/h5-7,9-10,13H,4,8,11-12H2,1-3H3,(H,16,18)/t13-/m1/s1. The number of nitrogens with one attached hydrogen (secondary N) is 1. The lowest BCUT2D eigenvalue weighted by Crippen LogP contribution is -2.34. The maximum atomic E-state index is 11.9. The molecule has 1 atom stereocenters. The number of para-hydroxylation sites is 1. The normalized spacial score (nSPS) is 12.7. The molecule has 0 bridgehead atoms. The zero-order valence-electron chi connectivity index (χ0n) is 12.9. The molecule has 1 amide bonds. The van der Waals surface area contributed by atoms with Crippen LogP contribution in [0, 0.1) is 0 Å². The molecule has 0 spiro atoms. The third kappa shape index (κ3) is 6.16. The summed E-state index contributed by atoms with van der Waals surface area (Å²) in [5.74, 6) is -0.0362. The highest BCUT2D eigenvalue weighted by Gasteiger charge is 2.17. The van der Waals surface area contributed by atoms with E-state index in [1.54, 1.807) is 24.3 Å². The molecule has 0 aliphatic rings. The zero-order chi connectivity index (χ0) is 15.9. The highest BCUT2D eigenvalue weighted by atomic mass is 32.2. The van der Waals surface area contributed by atoms with Crippen molar-refractivity contribution in [1.82, 2.24) is 5.32 Å². The Morgan fingerprint density at radius 1 is 1.29 bits per heavy atom. The van der Waals surface area contributed by atoms with E-state index in [0.717, 1.165) is 6.42 Å². The SMILES string of the molecule is CC[C@@H](C)NC(=O)CCCN(c1ccccc1)S(C)(=O)=O. The van der Waals surface area contributed by atoms with E-state index in [1.165, 1.54) is 10.6 Å². The van der Waals surface area contributed by atoms with Crippen LogP contribution in [0.1, 0.15) is 33.1 Å². The number of rotatable bonds is 8. The van der Waals surface area contributed by atoms with Crippen molar-refractivity contribution in [2.75, 3.05) is 17.1 Å². The summed E-state index contributed by atoms with van der Waals surface area (Å²) in [6.45, 7) is 4.26. The molecule has 21 heavy (non-hydrogen) atoms. The van der Waals surface area contributed by atoms with Crippen molar-refractivity contribution in [3.05, 3.63) is 30.3 Å². The Morgan fingerprint density at radius 3 is 2.43 bits per heavy atom. The van der Waals surface area contributed by atoms with Crippen LogP contribution in [0.25, 0.3) is 0 Å². The number of nitrogens with zero attached hydrogens (tertiary/aromatic N) is 1. The average molecular weight is 312 g/mol. The summed E-state index contributed by atoms with van der Waals surface area (Å²) < 4.78 is 25.1. The maximum Gasteiger partial charge on any atom is 0.232 e. The predicted octanol–water partition coefficient (Wildman–Crippen LogP) is 2.15. The van der Waals surface area contributed by atoms with Crippen LogP contribution in [0.15, 0.2) is 30.3 Å². The first-order valence-corrected chi connectivity index (χ1v) is 9.01. The van der Waals surface area contributed by atoms with Crippen molar-refractivity contribution < 1.29 is 13.2 Å². The highest BCUT2D eigenvalue weighted by Crippen LogP contribution is 2.17. The molecule has 0 aromatic heterocycles. The van der Waals surface area contributed by atoms with Crippen LogP contribution >= 0.6 is 0 Å². The molecule has 5 nitrogen and oxygen atoms in total. The smallest absolute Gasteiger partial charge is 0.232 e. The fourth-order valence-corrected chi connectivity index (χ4v) is 2.88. The lowest BCUT2D eigenvalue weighted by atomic mass is 10.2. The molecule has 0 unspecified atom stereocenters. The van der Waals surface area contributed by atoms with E-state index >= 15 is 0 Å². The summed E-state index contributed by atoms with van der Waals surface area (Å²) in [6, 6.07) is 9.08. The highest BCUT2D eigenvalue weighted by molar-refractivity contribution is 7.92. The van der Waals surface area contributed by atoms with Gasteiger partial charge in [-0.25, -0.2) is 8.42 Å². The van der Waals surface area contributed by atoms with E-state index in [0.29, 0.717) is 25.1 Å². The molecule has 0 aliphatic carbocycles. The minimum absolute atomic E-state index is 0.0362. The van der Waals surface area contributed by atoms with E-state index in [1.807, 2.05) is 19.9 Å². The van der Waals surface area contributed by atoms with Gasteiger partial charge in [-0.1, -0.05) is 25.1 Å². The van der Waals surface area contributed by atoms with Gasteiger partial charge in [0.15, 0.2) is 0 Å². The Kier molecular flexibility index (Phi) is 6.68.